The smallest absolute Gasteiger partial charge is 0.180 e. The topological polar surface area (TPSA) is 133 Å². The minimum atomic E-state index is 0.521. The largest absolute Gasteiger partial charge is 0.353 e. The molecule has 0 aliphatic heterocycles. The number of nitrogens with one attached hydrogen (secondary N) is 4. The van der Waals surface area contributed by atoms with Crippen LogP contribution in [-0.4, -0.2) is 40.3 Å². The number of fused-ring (bicyclic) bond motifs is 2. The maximum atomic E-state index is 4.73. The monoisotopic (exact) mass is 446 g/mol. The number of aromatic amines is 2. The summed E-state index contributed by atoms with van der Waals surface area (Å²) in [7, 11) is 0. The van der Waals surface area contributed by atoms with Crippen LogP contribution >= 0.6 is 0 Å². The van der Waals surface area contributed by atoms with Gasteiger partial charge in [0.05, 0.1) is 41.2 Å². The van der Waals surface area contributed by atoms with Gasteiger partial charge in [-0.15, -0.1) is 0 Å². The molecule has 10 nitrogen and oxygen atoms in total. The average molecular weight is 446 g/mol. The zero-order chi connectivity index (χ0) is 22.9. The molecule has 0 aliphatic carbocycles. The second-order valence-corrected chi connectivity index (χ2v) is 7.61. The van der Waals surface area contributed by atoms with Crippen LogP contribution in [0.4, 0.5) is 17.2 Å². The van der Waals surface area contributed by atoms with E-state index in [0.29, 0.717) is 23.0 Å². The van der Waals surface area contributed by atoms with Crippen molar-refractivity contribution in [1.82, 2.24) is 40.3 Å². The Hall–Kier alpha value is -5.12. The fourth-order valence-electron chi connectivity index (χ4n) is 3.62. The lowest BCUT2D eigenvalue weighted by atomic mass is 10.2. The minimum absolute atomic E-state index is 0.521. The first-order chi connectivity index (χ1) is 16.7. The number of hydrogen-bond acceptors (Lipinski definition) is 8. The predicted octanol–water partition coefficient (Wildman–Crippen LogP) is 4.51. The van der Waals surface area contributed by atoms with E-state index in [2.05, 4.69) is 52.6 Å². The molecule has 0 amide bonds. The number of rotatable bonds is 6. The van der Waals surface area contributed by atoms with E-state index in [-0.39, 0.29) is 0 Å². The van der Waals surface area contributed by atoms with Crippen LogP contribution in [0.3, 0.4) is 0 Å². The molecular weight excluding hydrogens is 428 g/mol. The number of benzene rings is 1. The normalized spacial score (nSPS) is 11.1. The van der Waals surface area contributed by atoms with E-state index in [9.17, 15) is 0 Å². The summed E-state index contributed by atoms with van der Waals surface area (Å²) < 4.78 is 0. The highest BCUT2D eigenvalue weighted by Crippen LogP contribution is 2.24. The molecule has 34 heavy (non-hydrogen) atoms. The molecule has 164 valence electrons. The summed E-state index contributed by atoms with van der Waals surface area (Å²) in [4.78, 5) is 17.1. The predicted molar refractivity (Wildman–Crippen MR) is 131 cm³/mol. The van der Waals surface area contributed by atoms with Crippen molar-refractivity contribution in [1.29, 1.82) is 0 Å². The van der Waals surface area contributed by atoms with Crippen molar-refractivity contribution in [3.8, 4) is 11.5 Å². The van der Waals surface area contributed by atoms with Gasteiger partial charge in [0.25, 0.3) is 0 Å². The van der Waals surface area contributed by atoms with Crippen LogP contribution in [0, 0.1) is 0 Å². The van der Waals surface area contributed by atoms with E-state index in [1.807, 2.05) is 48.5 Å². The first-order valence-corrected chi connectivity index (χ1v) is 10.5. The number of pyridine rings is 1. The lowest BCUT2D eigenvalue weighted by Crippen LogP contribution is -1.98. The molecule has 0 radical (unpaired) electrons. The van der Waals surface area contributed by atoms with Crippen LogP contribution in [0.5, 0.6) is 0 Å². The molecule has 0 saturated carbocycles. The van der Waals surface area contributed by atoms with Gasteiger partial charge in [0.2, 0.25) is 0 Å². The van der Waals surface area contributed by atoms with Crippen molar-refractivity contribution >= 4 is 44.8 Å². The molecule has 4 N–H and O–H groups in total. The second-order valence-electron chi connectivity index (χ2n) is 7.61. The van der Waals surface area contributed by atoms with Crippen molar-refractivity contribution in [3.63, 3.8) is 0 Å². The molecule has 0 spiro atoms. The van der Waals surface area contributed by atoms with E-state index in [1.54, 1.807) is 24.8 Å². The summed E-state index contributed by atoms with van der Waals surface area (Å²) in [5.41, 5.74) is 5.59. The van der Waals surface area contributed by atoms with Gasteiger partial charge in [-0.3, -0.25) is 5.10 Å². The number of aromatic nitrogens is 8. The zero-order valence-electron chi connectivity index (χ0n) is 17.8. The van der Waals surface area contributed by atoms with E-state index in [1.165, 1.54) is 0 Å². The fraction of sp³-hybridized carbons (Fsp3) is 0. The third-order valence-electron chi connectivity index (χ3n) is 5.28. The first-order valence-electron chi connectivity index (χ1n) is 10.5. The van der Waals surface area contributed by atoms with Crippen molar-refractivity contribution in [2.75, 3.05) is 10.6 Å². The summed E-state index contributed by atoms with van der Waals surface area (Å²) in [6, 6.07) is 15.5. The molecule has 0 unspecified atom stereocenters. The lowest BCUT2D eigenvalue weighted by molar-refractivity contribution is 1.03. The fourth-order valence-corrected chi connectivity index (χ4v) is 3.62. The Bertz CT molecular complexity index is 1630. The standard InChI is InChI=1S/C24H18N10/c1-14(29-18-6-9-26-27-13-18)21-11-15-2-4-20(31-23(15)32-21)24-25-8-7-22(33-24)30-17-3-5-19-16(10-17)12-28-34-19/h2-13H,1H2,(H,26,29)(H,28,34)(H,31,32)(H,25,30,33). The number of H-pyrrole nitrogens is 2. The van der Waals surface area contributed by atoms with E-state index < -0.39 is 0 Å². The molecule has 5 heterocycles. The molecular formula is C24H18N10. The minimum Gasteiger partial charge on any atom is -0.353 e. The number of anilines is 3. The molecule has 10 heteroatoms. The van der Waals surface area contributed by atoms with Crippen molar-refractivity contribution in [3.05, 3.63) is 85.6 Å². The Morgan fingerprint density at radius 3 is 2.74 bits per heavy atom. The zero-order valence-corrected chi connectivity index (χ0v) is 17.8. The quantitative estimate of drug-likeness (QED) is 0.294. The maximum absolute atomic E-state index is 4.73. The van der Waals surface area contributed by atoms with Gasteiger partial charge in [-0.2, -0.15) is 15.3 Å². The highest BCUT2D eigenvalue weighted by atomic mass is 15.1. The highest BCUT2D eigenvalue weighted by Gasteiger charge is 2.10. The van der Waals surface area contributed by atoms with Gasteiger partial charge in [0.15, 0.2) is 5.82 Å². The van der Waals surface area contributed by atoms with Gasteiger partial charge in [-0.05, 0) is 48.5 Å². The summed E-state index contributed by atoms with van der Waals surface area (Å²) in [6.07, 6.45) is 6.75. The summed E-state index contributed by atoms with van der Waals surface area (Å²) in [5, 5.41) is 23.2. The van der Waals surface area contributed by atoms with Gasteiger partial charge in [0.1, 0.15) is 17.2 Å². The Morgan fingerprint density at radius 1 is 0.853 bits per heavy atom. The van der Waals surface area contributed by atoms with Gasteiger partial charge >= 0.3 is 0 Å². The third kappa shape index (κ3) is 3.79. The van der Waals surface area contributed by atoms with E-state index in [4.69, 9.17) is 4.98 Å². The van der Waals surface area contributed by atoms with Crippen LogP contribution in [0.1, 0.15) is 5.69 Å². The second kappa shape index (κ2) is 8.10. The Kier molecular flexibility index (Phi) is 4.66. The van der Waals surface area contributed by atoms with E-state index in [0.717, 1.165) is 39.0 Å². The molecule has 6 rings (SSSR count). The number of nitrogens with zero attached hydrogens (tertiary/aromatic N) is 6. The Labute approximate surface area is 193 Å². The van der Waals surface area contributed by atoms with Crippen molar-refractivity contribution in [2.24, 2.45) is 0 Å². The molecule has 0 aliphatic rings. The van der Waals surface area contributed by atoms with Crippen molar-refractivity contribution < 1.29 is 0 Å². The van der Waals surface area contributed by atoms with Crippen LogP contribution in [0.25, 0.3) is 39.2 Å². The van der Waals surface area contributed by atoms with Crippen LogP contribution in [0.2, 0.25) is 0 Å². The summed E-state index contributed by atoms with van der Waals surface area (Å²) in [6.45, 7) is 4.11. The summed E-state index contributed by atoms with van der Waals surface area (Å²) >= 11 is 0. The lowest BCUT2D eigenvalue weighted by Gasteiger charge is -2.07. The highest BCUT2D eigenvalue weighted by molar-refractivity contribution is 5.86. The average Bonchev–Trinajstić information content (AvgIpc) is 3.51. The Balaban J connectivity index is 1.25. The Morgan fingerprint density at radius 2 is 1.82 bits per heavy atom. The van der Waals surface area contributed by atoms with Crippen molar-refractivity contribution in [2.45, 2.75) is 0 Å². The molecule has 1 aromatic carbocycles. The molecule has 0 saturated heterocycles. The molecule has 0 atom stereocenters. The van der Waals surface area contributed by atoms with Gasteiger partial charge in [-0.25, -0.2) is 15.0 Å². The number of hydrogen-bond donors (Lipinski definition) is 4. The van der Waals surface area contributed by atoms with Crippen LogP contribution in [0.15, 0.2) is 79.9 Å². The molecule has 0 bridgehead atoms. The van der Waals surface area contributed by atoms with Gasteiger partial charge in [-0.1, -0.05) is 6.58 Å². The van der Waals surface area contributed by atoms with Crippen LogP contribution < -0.4 is 10.6 Å². The maximum Gasteiger partial charge on any atom is 0.180 e. The summed E-state index contributed by atoms with van der Waals surface area (Å²) in [5.74, 6) is 1.19. The van der Waals surface area contributed by atoms with Crippen LogP contribution in [-0.2, 0) is 0 Å². The molecule has 0 fully saturated rings. The molecule has 6 aromatic rings. The first kappa shape index (κ1) is 19.6. The van der Waals surface area contributed by atoms with Gasteiger partial charge < -0.3 is 15.6 Å². The SMILES string of the molecule is C=C(Nc1ccnnc1)c1cc2ccc(-c3nccc(Nc4ccc5[nH]ncc5c4)n3)nc2[nH]1. The van der Waals surface area contributed by atoms with E-state index >= 15 is 0 Å². The third-order valence-corrected chi connectivity index (χ3v) is 5.28. The molecule has 5 aromatic heterocycles. The van der Waals surface area contributed by atoms with Gasteiger partial charge in [0, 0.05) is 22.7 Å².